The highest BCUT2D eigenvalue weighted by Gasteiger charge is 2.15. The number of hydrogen-bond donors (Lipinski definition) is 0. The lowest BCUT2D eigenvalue weighted by atomic mass is 10.1. The van der Waals surface area contributed by atoms with E-state index in [1.165, 1.54) is 0 Å². The van der Waals surface area contributed by atoms with Crippen molar-refractivity contribution >= 4 is 30.7 Å². The zero-order valence-corrected chi connectivity index (χ0v) is 10.2. The molecular weight excluding hydrogens is 250 g/mol. The van der Waals surface area contributed by atoms with Gasteiger partial charge in [0.1, 0.15) is 11.4 Å². The number of nitrogens with zero attached hydrogens (tertiary/aromatic N) is 1. The van der Waals surface area contributed by atoms with E-state index in [4.69, 9.17) is 15.2 Å². The van der Waals surface area contributed by atoms with Crippen LogP contribution in [0.25, 0.3) is 11.0 Å². The summed E-state index contributed by atoms with van der Waals surface area (Å²) in [6.45, 7) is 2.02. The highest BCUT2D eigenvalue weighted by Crippen LogP contribution is 2.22. The average Bonchev–Trinajstić information content (AvgIpc) is 2.58. The Bertz CT molecular complexity index is 618. The van der Waals surface area contributed by atoms with Gasteiger partial charge in [0, 0.05) is 16.1 Å². The maximum Gasteiger partial charge on any atom is 0.238 e. The van der Waals surface area contributed by atoms with Crippen molar-refractivity contribution in [3.63, 3.8) is 0 Å². The number of hydrogen-bond acceptors (Lipinski definition) is 4. The molecule has 0 aliphatic rings. The maximum absolute atomic E-state index is 11.0. The van der Waals surface area contributed by atoms with Crippen molar-refractivity contribution in [3.05, 3.63) is 29.5 Å². The summed E-state index contributed by atoms with van der Waals surface area (Å²) in [6, 6.07) is 5.58. The van der Waals surface area contributed by atoms with Crippen molar-refractivity contribution in [3.8, 4) is 0 Å². The SMILES string of the molecule is CCc1ccc2onc(CS(=O)(=O)Cl)c2c1. The van der Waals surface area contributed by atoms with E-state index in [0.717, 1.165) is 12.0 Å². The standard InChI is InChI=1S/C10H10ClNO3S/c1-2-7-3-4-10-8(5-7)9(12-15-10)6-16(11,13)14/h3-5H,2,6H2,1H3. The van der Waals surface area contributed by atoms with Crippen LogP contribution in [0.3, 0.4) is 0 Å². The molecule has 0 amide bonds. The predicted molar refractivity (Wildman–Crippen MR) is 61.9 cm³/mol. The topological polar surface area (TPSA) is 60.2 Å². The summed E-state index contributed by atoms with van der Waals surface area (Å²) < 4.78 is 27.0. The fraction of sp³-hybridized carbons (Fsp3) is 0.300. The molecule has 0 aliphatic carbocycles. The Labute approximate surface area is 97.6 Å². The van der Waals surface area contributed by atoms with E-state index in [-0.39, 0.29) is 5.75 Å². The highest BCUT2D eigenvalue weighted by atomic mass is 35.7. The molecule has 1 heterocycles. The molecule has 0 fully saturated rings. The summed E-state index contributed by atoms with van der Waals surface area (Å²) in [7, 11) is 1.58. The Balaban J connectivity index is 2.54. The predicted octanol–water partition coefficient (Wildman–Crippen LogP) is 2.46. The molecule has 0 bridgehead atoms. The molecule has 16 heavy (non-hydrogen) atoms. The Morgan fingerprint density at radius 1 is 1.44 bits per heavy atom. The van der Waals surface area contributed by atoms with Gasteiger partial charge >= 0.3 is 0 Å². The number of benzene rings is 1. The van der Waals surface area contributed by atoms with Crippen molar-refractivity contribution in [1.29, 1.82) is 0 Å². The summed E-state index contributed by atoms with van der Waals surface area (Å²) in [6.07, 6.45) is 0.869. The molecule has 1 aromatic heterocycles. The van der Waals surface area contributed by atoms with E-state index in [0.29, 0.717) is 16.7 Å². The second-order valence-electron chi connectivity index (χ2n) is 3.50. The fourth-order valence-electron chi connectivity index (χ4n) is 1.52. The van der Waals surface area contributed by atoms with Crippen LogP contribution >= 0.6 is 10.7 Å². The second-order valence-corrected chi connectivity index (χ2v) is 6.27. The molecule has 0 radical (unpaired) electrons. The lowest BCUT2D eigenvalue weighted by Gasteiger charge is -1.96. The molecule has 0 atom stereocenters. The van der Waals surface area contributed by atoms with Gasteiger partial charge in [-0.2, -0.15) is 0 Å². The molecule has 1 aromatic carbocycles. The van der Waals surface area contributed by atoms with Gasteiger partial charge in [0.2, 0.25) is 9.05 Å². The molecule has 0 N–H and O–H groups in total. The summed E-state index contributed by atoms with van der Waals surface area (Å²) >= 11 is 0. The van der Waals surface area contributed by atoms with Crippen molar-refractivity contribution in [2.24, 2.45) is 0 Å². The smallest absolute Gasteiger partial charge is 0.238 e. The summed E-state index contributed by atoms with van der Waals surface area (Å²) in [4.78, 5) is 0. The Morgan fingerprint density at radius 3 is 2.81 bits per heavy atom. The van der Waals surface area contributed by atoms with Crippen LogP contribution in [0.1, 0.15) is 18.2 Å². The summed E-state index contributed by atoms with van der Waals surface area (Å²) in [5.41, 5.74) is 2.04. The van der Waals surface area contributed by atoms with Crippen molar-refractivity contribution in [2.45, 2.75) is 19.1 Å². The van der Waals surface area contributed by atoms with Crippen LogP contribution in [0.15, 0.2) is 22.7 Å². The molecule has 0 unspecified atom stereocenters. The molecule has 6 heteroatoms. The van der Waals surface area contributed by atoms with E-state index < -0.39 is 9.05 Å². The fourth-order valence-corrected chi connectivity index (χ4v) is 2.37. The molecular formula is C10H10ClNO3S. The monoisotopic (exact) mass is 259 g/mol. The average molecular weight is 260 g/mol. The Hall–Kier alpha value is -1.07. The summed E-state index contributed by atoms with van der Waals surface area (Å²) in [5, 5.41) is 4.43. The van der Waals surface area contributed by atoms with Crippen LogP contribution in [0, 0.1) is 0 Å². The first-order valence-electron chi connectivity index (χ1n) is 4.79. The first-order chi connectivity index (χ1) is 7.49. The minimum absolute atomic E-state index is 0.311. The lowest BCUT2D eigenvalue weighted by molar-refractivity contribution is 0.449. The van der Waals surface area contributed by atoms with Crippen molar-refractivity contribution in [2.75, 3.05) is 0 Å². The normalized spacial score (nSPS) is 12.1. The number of aryl methyl sites for hydroxylation is 1. The molecule has 0 saturated carbocycles. The zero-order chi connectivity index (χ0) is 11.8. The lowest BCUT2D eigenvalue weighted by Crippen LogP contribution is -1.95. The Kier molecular flexibility index (Phi) is 2.90. The third kappa shape index (κ3) is 2.36. The minimum Gasteiger partial charge on any atom is -0.356 e. The van der Waals surface area contributed by atoms with Gasteiger partial charge in [-0.05, 0) is 24.1 Å². The van der Waals surface area contributed by atoms with Crippen LogP contribution < -0.4 is 0 Å². The summed E-state index contributed by atoms with van der Waals surface area (Å²) in [5.74, 6) is -0.311. The molecule has 0 spiro atoms. The van der Waals surface area contributed by atoms with Gasteiger partial charge in [0.05, 0.1) is 0 Å². The maximum atomic E-state index is 11.0. The largest absolute Gasteiger partial charge is 0.356 e. The molecule has 2 aromatic rings. The molecule has 2 rings (SSSR count). The van der Waals surface area contributed by atoms with Crippen molar-refractivity contribution in [1.82, 2.24) is 5.16 Å². The van der Waals surface area contributed by atoms with Crippen molar-refractivity contribution < 1.29 is 12.9 Å². The molecule has 86 valence electrons. The van der Waals surface area contributed by atoms with Crippen LogP contribution in [0.4, 0.5) is 0 Å². The third-order valence-corrected chi connectivity index (χ3v) is 3.27. The number of aromatic nitrogens is 1. The first-order valence-corrected chi connectivity index (χ1v) is 7.27. The van der Waals surface area contributed by atoms with Crippen LogP contribution in [-0.2, 0) is 21.2 Å². The molecule has 4 nitrogen and oxygen atoms in total. The van der Waals surface area contributed by atoms with Gasteiger partial charge in [-0.1, -0.05) is 18.1 Å². The van der Waals surface area contributed by atoms with E-state index >= 15 is 0 Å². The van der Waals surface area contributed by atoms with E-state index in [1.54, 1.807) is 6.07 Å². The highest BCUT2D eigenvalue weighted by molar-refractivity contribution is 8.13. The van der Waals surface area contributed by atoms with Gasteiger partial charge in [-0.25, -0.2) is 8.42 Å². The molecule has 0 aliphatic heterocycles. The Morgan fingerprint density at radius 2 is 2.19 bits per heavy atom. The van der Waals surface area contributed by atoms with Gasteiger partial charge in [-0.15, -0.1) is 0 Å². The number of fused-ring (bicyclic) bond motifs is 1. The van der Waals surface area contributed by atoms with E-state index in [1.807, 2.05) is 19.1 Å². The quantitative estimate of drug-likeness (QED) is 0.795. The number of halogens is 1. The van der Waals surface area contributed by atoms with Gasteiger partial charge in [0.15, 0.2) is 5.58 Å². The van der Waals surface area contributed by atoms with Crippen LogP contribution in [0.2, 0.25) is 0 Å². The van der Waals surface area contributed by atoms with E-state index in [9.17, 15) is 8.42 Å². The van der Waals surface area contributed by atoms with Crippen LogP contribution in [-0.4, -0.2) is 13.6 Å². The van der Waals surface area contributed by atoms with Crippen LogP contribution in [0.5, 0.6) is 0 Å². The first kappa shape index (κ1) is 11.4. The molecule has 0 saturated heterocycles. The third-order valence-electron chi connectivity index (χ3n) is 2.33. The second kappa shape index (κ2) is 4.07. The number of rotatable bonds is 3. The van der Waals surface area contributed by atoms with Gasteiger partial charge in [0.25, 0.3) is 0 Å². The minimum atomic E-state index is -3.61. The van der Waals surface area contributed by atoms with Gasteiger partial charge in [-0.3, -0.25) is 0 Å². The zero-order valence-electron chi connectivity index (χ0n) is 8.60. The van der Waals surface area contributed by atoms with Gasteiger partial charge < -0.3 is 4.52 Å². The van der Waals surface area contributed by atoms with E-state index in [2.05, 4.69) is 5.16 Å².